The molecule has 2 aromatic rings. The highest BCUT2D eigenvalue weighted by Crippen LogP contribution is 2.37. The van der Waals surface area contributed by atoms with Gasteiger partial charge in [-0.15, -0.1) is 11.3 Å². The van der Waals surface area contributed by atoms with Gasteiger partial charge in [-0.25, -0.2) is 9.97 Å². The van der Waals surface area contributed by atoms with Gasteiger partial charge < -0.3 is 10.1 Å². The average Bonchev–Trinajstić information content (AvgIpc) is 2.91. The highest BCUT2D eigenvalue weighted by Gasteiger charge is 2.22. The number of fused-ring (bicyclic) bond motifs is 1. The summed E-state index contributed by atoms with van der Waals surface area (Å²) in [5.74, 6) is -0.0221. The van der Waals surface area contributed by atoms with Gasteiger partial charge in [0.05, 0.1) is 25.1 Å². The molecule has 1 amide bonds. The number of amides is 1. The third-order valence-corrected chi connectivity index (χ3v) is 4.79. The maximum atomic E-state index is 12.2. The molecule has 0 radical (unpaired) electrons. The Morgan fingerprint density at radius 1 is 1.36 bits per heavy atom. The van der Waals surface area contributed by atoms with Crippen molar-refractivity contribution in [2.75, 3.05) is 12.4 Å². The van der Waals surface area contributed by atoms with Gasteiger partial charge in [-0.1, -0.05) is 0 Å². The second kappa shape index (κ2) is 6.12. The molecule has 112 valence electrons. The highest BCUT2D eigenvalue weighted by atomic mass is 32.1. The van der Waals surface area contributed by atoms with Crippen LogP contribution in [0.2, 0.25) is 0 Å². The topological polar surface area (TPSA) is 87.9 Å². The zero-order chi connectivity index (χ0) is 15.5. The summed E-state index contributed by atoms with van der Waals surface area (Å²) in [6.07, 6.45) is 6.86. The van der Waals surface area contributed by atoms with Crippen molar-refractivity contribution in [1.82, 2.24) is 9.97 Å². The molecule has 1 aliphatic carbocycles. The van der Waals surface area contributed by atoms with Crippen molar-refractivity contribution >= 4 is 22.2 Å². The molecule has 2 heterocycles. The third-order valence-electron chi connectivity index (χ3n) is 3.58. The van der Waals surface area contributed by atoms with Crippen LogP contribution in [0.5, 0.6) is 5.88 Å². The van der Waals surface area contributed by atoms with Crippen LogP contribution in [0.1, 0.15) is 39.3 Å². The fraction of sp³-hybridized carbons (Fsp3) is 0.333. The summed E-state index contributed by atoms with van der Waals surface area (Å²) in [6.45, 7) is 0. The van der Waals surface area contributed by atoms with E-state index in [-0.39, 0.29) is 11.6 Å². The zero-order valence-corrected chi connectivity index (χ0v) is 12.9. The van der Waals surface area contributed by atoms with Crippen molar-refractivity contribution < 1.29 is 9.53 Å². The lowest BCUT2D eigenvalue weighted by Crippen LogP contribution is -2.14. The predicted octanol–water partition coefficient (Wildman–Crippen LogP) is 2.55. The molecule has 0 bridgehead atoms. The minimum atomic E-state index is -0.370. The number of anilines is 1. The fourth-order valence-corrected chi connectivity index (χ4v) is 3.71. The van der Waals surface area contributed by atoms with Crippen LogP contribution >= 0.6 is 11.3 Å². The Labute approximate surface area is 131 Å². The van der Waals surface area contributed by atoms with Crippen LogP contribution in [0, 0.1) is 11.3 Å². The smallest absolute Gasteiger partial charge is 0.276 e. The lowest BCUT2D eigenvalue weighted by molar-refractivity contribution is 0.102. The first kappa shape index (κ1) is 14.5. The number of ether oxygens (including phenoxy) is 1. The number of rotatable bonds is 3. The van der Waals surface area contributed by atoms with Gasteiger partial charge >= 0.3 is 0 Å². The van der Waals surface area contributed by atoms with E-state index in [2.05, 4.69) is 21.4 Å². The molecule has 6 nitrogen and oxygen atoms in total. The van der Waals surface area contributed by atoms with Gasteiger partial charge in [0, 0.05) is 4.88 Å². The minimum absolute atomic E-state index is 0.191. The first-order valence-corrected chi connectivity index (χ1v) is 7.76. The van der Waals surface area contributed by atoms with E-state index in [1.165, 1.54) is 35.7 Å². The number of aryl methyl sites for hydroxylation is 1. The van der Waals surface area contributed by atoms with E-state index in [9.17, 15) is 10.1 Å². The summed E-state index contributed by atoms with van der Waals surface area (Å²) in [5, 5.41) is 12.8. The summed E-state index contributed by atoms with van der Waals surface area (Å²) in [4.78, 5) is 21.4. The lowest BCUT2D eigenvalue weighted by atomic mass is 9.96. The fourth-order valence-electron chi connectivity index (χ4n) is 2.48. The van der Waals surface area contributed by atoms with Gasteiger partial charge in [-0.2, -0.15) is 5.26 Å². The Bertz CT molecular complexity index is 746. The molecule has 2 aromatic heterocycles. The number of methoxy groups -OCH3 is 1. The highest BCUT2D eigenvalue weighted by molar-refractivity contribution is 7.16. The van der Waals surface area contributed by atoms with Crippen LogP contribution in [0.25, 0.3) is 0 Å². The summed E-state index contributed by atoms with van der Waals surface area (Å²) < 4.78 is 4.91. The molecule has 0 saturated carbocycles. The van der Waals surface area contributed by atoms with Gasteiger partial charge in [-0.05, 0) is 31.2 Å². The van der Waals surface area contributed by atoms with Gasteiger partial charge in [0.2, 0.25) is 5.88 Å². The molecule has 1 aliphatic rings. The van der Waals surface area contributed by atoms with E-state index in [1.54, 1.807) is 0 Å². The van der Waals surface area contributed by atoms with E-state index in [0.29, 0.717) is 16.4 Å². The van der Waals surface area contributed by atoms with Crippen LogP contribution in [0.3, 0.4) is 0 Å². The summed E-state index contributed by atoms with van der Waals surface area (Å²) in [6, 6.07) is 2.22. The Morgan fingerprint density at radius 3 is 2.86 bits per heavy atom. The molecule has 0 spiro atoms. The van der Waals surface area contributed by atoms with E-state index in [0.717, 1.165) is 31.2 Å². The van der Waals surface area contributed by atoms with Crippen molar-refractivity contribution in [3.8, 4) is 11.9 Å². The maximum Gasteiger partial charge on any atom is 0.276 e. The molecule has 7 heteroatoms. The van der Waals surface area contributed by atoms with Crippen LogP contribution < -0.4 is 10.1 Å². The number of nitriles is 1. The minimum Gasteiger partial charge on any atom is -0.480 e. The first-order chi connectivity index (χ1) is 10.7. The molecule has 22 heavy (non-hydrogen) atoms. The molecule has 0 saturated heterocycles. The third kappa shape index (κ3) is 2.65. The second-order valence-electron chi connectivity index (χ2n) is 4.92. The van der Waals surface area contributed by atoms with Crippen molar-refractivity contribution in [3.05, 3.63) is 34.1 Å². The number of carbonyl (C=O) groups excluding carboxylic acids is 1. The van der Waals surface area contributed by atoms with Gasteiger partial charge in [0.1, 0.15) is 16.8 Å². The van der Waals surface area contributed by atoms with Crippen LogP contribution in [-0.2, 0) is 12.8 Å². The Morgan fingerprint density at radius 2 is 2.18 bits per heavy atom. The SMILES string of the molecule is COc1cnc(C(=O)Nc2sc3c(c2C#N)CCCC3)cn1. The van der Waals surface area contributed by atoms with Crippen molar-refractivity contribution in [1.29, 1.82) is 5.26 Å². The molecule has 0 unspecified atom stereocenters. The molecule has 0 atom stereocenters. The van der Waals surface area contributed by atoms with Crippen molar-refractivity contribution in [3.63, 3.8) is 0 Å². The first-order valence-electron chi connectivity index (χ1n) is 6.95. The normalized spacial score (nSPS) is 13.1. The standard InChI is InChI=1S/C15H14N4O2S/c1-21-13-8-17-11(7-18-13)14(20)19-15-10(6-16)9-4-2-3-5-12(9)22-15/h7-8H,2-5H2,1H3,(H,19,20). The number of hydrogen-bond donors (Lipinski definition) is 1. The molecule has 0 fully saturated rings. The number of thiophene rings is 1. The lowest BCUT2D eigenvalue weighted by Gasteiger charge is -2.09. The van der Waals surface area contributed by atoms with Crippen LogP contribution in [-0.4, -0.2) is 23.0 Å². The van der Waals surface area contributed by atoms with E-state index in [4.69, 9.17) is 4.74 Å². The average molecular weight is 314 g/mol. The molecule has 0 aliphatic heterocycles. The largest absolute Gasteiger partial charge is 0.480 e. The molecular formula is C15H14N4O2S. The summed E-state index contributed by atoms with van der Waals surface area (Å²) >= 11 is 1.49. The quantitative estimate of drug-likeness (QED) is 0.940. The van der Waals surface area contributed by atoms with Crippen LogP contribution in [0.15, 0.2) is 12.4 Å². The number of carbonyl (C=O) groups is 1. The summed E-state index contributed by atoms with van der Waals surface area (Å²) in [7, 11) is 1.49. The Balaban J connectivity index is 1.84. The Hall–Kier alpha value is -2.46. The number of hydrogen-bond acceptors (Lipinski definition) is 6. The van der Waals surface area contributed by atoms with E-state index >= 15 is 0 Å². The molecular weight excluding hydrogens is 300 g/mol. The summed E-state index contributed by atoms with van der Waals surface area (Å²) in [5.41, 5.74) is 1.88. The van der Waals surface area contributed by atoms with Gasteiger partial charge in [0.15, 0.2) is 0 Å². The van der Waals surface area contributed by atoms with E-state index in [1.807, 2.05) is 0 Å². The van der Waals surface area contributed by atoms with E-state index < -0.39 is 0 Å². The van der Waals surface area contributed by atoms with Crippen molar-refractivity contribution in [2.24, 2.45) is 0 Å². The van der Waals surface area contributed by atoms with Gasteiger partial charge in [0.25, 0.3) is 5.91 Å². The van der Waals surface area contributed by atoms with Crippen LogP contribution in [0.4, 0.5) is 5.00 Å². The Kier molecular flexibility index (Phi) is 4.02. The molecule has 1 N–H and O–H groups in total. The maximum absolute atomic E-state index is 12.2. The number of aromatic nitrogens is 2. The number of nitrogens with zero attached hydrogens (tertiary/aromatic N) is 3. The monoisotopic (exact) mass is 314 g/mol. The second-order valence-corrected chi connectivity index (χ2v) is 6.03. The molecule has 0 aromatic carbocycles. The van der Waals surface area contributed by atoms with Gasteiger partial charge in [-0.3, -0.25) is 4.79 Å². The molecule has 3 rings (SSSR count). The predicted molar refractivity (Wildman–Crippen MR) is 82.2 cm³/mol. The number of nitrogens with one attached hydrogen (secondary N) is 1. The zero-order valence-electron chi connectivity index (χ0n) is 12.0. The van der Waals surface area contributed by atoms with Crippen molar-refractivity contribution in [2.45, 2.75) is 25.7 Å².